The Morgan fingerprint density at radius 3 is 2.94 bits per heavy atom. The number of nitrogens with zero attached hydrogens (tertiary/aromatic N) is 1. The Morgan fingerprint density at radius 1 is 1.32 bits per heavy atom. The minimum atomic E-state index is -0.179. The zero-order chi connectivity index (χ0) is 21.8. The van der Waals surface area contributed by atoms with Crippen LogP contribution in [0.4, 0.5) is 17.1 Å². The van der Waals surface area contributed by atoms with Crippen LogP contribution in [0.5, 0.6) is 0 Å². The van der Waals surface area contributed by atoms with E-state index in [4.69, 9.17) is 11.1 Å². The third-order valence-corrected chi connectivity index (χ3v) is 6.26. The van der Waals surface area contributed by atoms with Crippen molar-refractivity contribution in [3.63, 3.8) is 0 Å². The molecule has 1 unspecified atom stereocenters. The van der Waals surface area contributed by atoms with Crippen LogP contribution in [-0.4, -0.2) is 55.3 Å². The predicted octanol–water partition coefficient (Wildman–Crippen LogP) is 3.13. The summed E-state index contributed by atoms with van der Waals surface area (Å²) in [5, 5.41) is 17.4. The molecule has 2 aliphatic rings. The maximum absolute atomic E-state index is 12.8. The van der Waals surface area contributed by atoms with Crippen LogP contribution in [0.15, 0.2) is 36.4 Å². The molecule has 2 aliphatic heterocycles. The van der Waals surface area contributed by atoms with Crippen molar-refractivity contribution in [1.82, 2.24) is 4.90 Å². The van der Waals surface area contributed by atoms with Crippen LogP contribution in [0.25, 0.3) is 0 Å². The zero-order valence-electron chi connectivity index (χ0n) is 18.1. The minimum Gasteiger partial charge on any atom is -0.383 e. The molecule has 6 N–H and O–H groups in total. The number of hydrogen-bond acceptors (Lipinski definition) is 6. The first-order valence-corrected chi connectivity index (χ1v) is 11.1. The van der Waals surface area contributed by atoms with Crippen molar-refractivity contribution in [2.24, 2.45) is 5.73 Å². The maximum Gasteiger partial charge on any atom is 0.255 e. The fourth-order valence-corrected chi connectivity index (χ4v) is 4.57. The summed E-state index contributed by atoms with van der Waals surface area (Å²) in [6, 6.07) is 12.5. The number of benzene rings is 2. The second kappa shape index (κ2) is 9.49. The van der Waals surface area contributed by atoms with E-state index in [1.54, 1.807) is 12.1 Å². The number of rotatable bonds is 8. The molecule has 0 aromatic heterocycles. The average molecular weight is 421 g/mol. The molecule has 2 aromatic rings. The molecule has 2 atom stereocenters. The fourth-order valence-electron chi connectivity index (χ4n) is 4.57. The lowest BCUT2D eigenvalue weighted by Gasteiger charge is -2.24. The van der Waals surface area contributed by atoms with Gasteiger partial charge < -0.3 is 27.1 Å². The van der Waals surface area contributed by atoms with E-state index in [9.17, 15) is 4.79 Å². The first-order chi connectivity index (χ1) is 15.1. The normalized spacial score (nSPS) is 20.2. The minimum absolute atomic E-state index is 0.179. The molecule has 0 bridgehead atoms. The number of anilines is 3. The number of nitrogens with two attached hydrogens (primary N) is 1. The number of hydrogen-bond donors (Lipinski definition) is 5. The molecule has 164 valence electrons. The Labute approximate surface area is 183 Å². The molecule has 0 saturated carbocycles. The van der Waals surface area contributed by atoms with E-state index in [-0.39, 0.29) is 5.91 Å². The first-order valence-electron chi connectivity index (χ1n) is 11.1. The van der Waals surface area contributed by atoms with Crippen LogP contribution in [-0.2, 0) is 6.42 Å². The van der Waals surface area contributed by atoms with Crippen LogP contribution in [0.2, 0.25) is 0 Å². The van der Waals surface area contributed by atoms with Crippen molar-refractivity contribution in [1.29, 1.82) is 5.41 Å². The topological polar surface area (TPSA) is 106 Å². The van der Waals surface area contributed by atoms with Gasteiger partial charge in [-0.05, 0) is 74.7 Å². The molecule has 1 saturated heterocycles. The third kappa shape index (κ3) is 4.89. The predicted molar refractivity (Wildman–Crippen MR) is 128 cm³/mol. The summed E-state index contributed by atoms with van der Waals surface area (Å²) in [7, 11) is 0. The van der Waals surface area contributed by atoms with Crippen LogP contribution < -0.4 is 21.7 Å². The second-order valence-corrected chi connectivity index (χ2v) is 8.52. The Bertz CT molecular complexity index is 959. The highest BCUT2D eigenvalue weighted by Crippen LogP contribution is 2.30. The Kier molecular flexibility index (Phi) is 6.53. The van der Waals surface area contributed by atoms with Crippen molar-refractivity contribution in [3.05, 3.63) is 53.1 Å². The number of likely N-dealkylation sites (tertiary alicyclic amines) is 1. The molecule has 4 rings (SSSR count). The summed E-state index contributed by atoms with van der Waals surface area (Å²) in [5.74, 6) is -0.179. The van der Waals surface area contributed by atoms with Gasteiger partial charge in [0.05, 0.1) is 0 Å². The van der Waals surface area contributed by atoms with Gasteiger partial charge in [0.15, 0.2) is 0 Å². The smallest absolute Gasteiger partial charge is 0.255 e. The van der Waals surface area contributed by atoms with Crippen molar-refractivity contribution in [2.75, 3.05) is 42.1 Å². The summed E-state index contributed by atoms with van der Waals surface area (Å²) in [5.41, 5.74) is 10.7. The van der Waals surface area contributed by atoms with Gasteiger partial charge in [0.25, 0.3) is 5.91 Å². The summed E-state index contributed by atoms with van der Waals surface area (Å²) in [6.07, 6.45) is 4.81. The highest BCUT2D eigenvalue weighted by Gasteiger charge is 2.27. The maximum atomic E-state index is 12.8. The molecule has 7 nitrogen and oxygen atoms in total. The number of carbonyl (C=O) groups excluding carboxylic acids is 1. The van der Waals surface area contributed by atoms with Gasteiger partial charge in [-0.1, -0.05) is 0 Å². The molecule has 31 heavy (non-hydrogen) atoms. The first kappa shape index (κ1) is 21.3. The molecule has 0 radical (unpaired) electrons. The third-order valence-electron chi connectivity index (χ3n) is 6.26. The highest BCUT2D eigenvalue weighted by atomic mass is 16.1. The number of nitrogens with one attached hydrogen (secondary N) is 4. The largest absolute Gasteiger partial charge is 0.383 e. The lowest BCUT2D eigenvalue weighted by atomic mass is 10.1. The van der Waals surface area contributed by atoms with E-state index in [2.05, 4.69) is 39.9 Å². The van der Waals surface area contributed by atoms with E-state index < -0.39 is 0 Å². The van der Waals surface area contributed by atoms with Crippen LogP contribution in [0.3, 0.4) is 0 Å². The lowest BCUT2D eigenvalue weighted by Crippen LogP contribution is -2.37. The standard InChI is InChI=1S/C24H32N6O/c1-16-3-2-10-30(16)15-21-13-18-12-20(5-7-23(18)28-21)29-24(31)17-4-6-22(27-9-8-25)19(11-17)14-26/h4-7,11-12,14,16,21,26-28H,2-3,8-10,13,15,25H2,1H3,(H,29,31)/t16-,21?/m0/s1. The quantitative estimate of drug-likeness (QED) is 0.422. The van der Waals surface area contributed by atoms with Gasteiger partial charge in [-0.2, -0.15) is 0 Å². The SMILES string of the molecule is C[C@H]1CCCN1CC1Cc2cc(NC(=O)c3ccc(NCCN)c(C=N)c3)ccc2N1. The van der Waals surface area contributed by atoms with Gasteiger partial charge in [0, 0.05) is 66.1 Å². The van der Waals surface area contributed by atoms with E-state index in [0.29, 0.717) is 36.3 Å². The number of carbonyl (C=O) groups is 1. The molecule has 2 aromatic carbocycles. The van der Waals surface area contributed by atoms with Gasteiger partial charge >= 0.3 is 0 Å². The highest BCUT2D eigenvalue weighted by molar-refractivity contribution is 6.06. The van der Waals surface area contributed by atoms with Crippen LogP contribution in [0.1, 0.15) is 41.3 Å². The lowest BCUT2D eigenvalue weighted by molar-refractivity contribution is 0.102. The van der Waals surface area contributed by atoms with Gasteiger partial charge in [-0.15, -0.1) is 0 Å². The molecule has 7 heteroatoms. The molecule has 0 aliphatic carbocycles. The number of fused-ring (bicyclic) bond motifs is 1. The van der Waals surface area contributed by atoms with Crippen molar-refractivity contribution < 1.29 is 4.79 Å². The van der Waals surface area contributed by atoms with E-state index >= 15 is 0 Å². The Balaban J connectivity index is 1.40. The van der Waals surface area contributed by atoms with Gasteiger partial charge in [0.2, 0.25) is 0 Å². The Morgan fingerprint density at radius 2 is 2.19 bits per heavy atom. The van der Waals surface area contributed by atoms with Crippen molar-refractivity contribution in [2.45, 2.75) is 38.3 Å². The van der Waals surface area contributed by atoms with Crippen molar-refractivity contribution in [3.8, 4) is 0 Å². The van der Waals surface area contributed by atoms with E-state index in [1.165, 1.54) is 31.2 Å². The zero-order valence-corrected chi connectivity index (χ0v) is 18.1. The molecule has 1 fully saturated rings. The van der Waals surface area contributed by atoms with Gasteiger partial charge in [-0.3, -0.25) is 9.69 Å². The monoisotopic (exact) mass is 420 g/mol. The number of amides is 1. The van der Waals surface area contributed by atoms with Crippen LogP contribution >= 0.6 is 0 Å². The average Bonchev–Trinajstić information content (AvgIpc) is 3.37. The van der Waals surface area contributed by atoms with Crippen molar-refractivity contribution >= 4 is 29.2 Å². The summed E-state index contributed by atoms with van der Waals surface area (Å²) in [6.45, 7) is 5.69. The van der Waals surface area contributed by atoms with Crippen LogP contribution in [0, 0.1) is 5.41 Å². The molecular formula is C24H32N6O. The molecular weight excluding hydrogens is 388 g/mol. The summed E-state index contributed by atoms with van der Waals surface area (Å²) < 4.78 is 0. The Hall–Kier alpha value is -2.90. The fraction of sp³-hybridized carbons (Fsp3) is 0.417. The van der Waals surface area contributed by atoms with E-state index in [1.807, 2.05) is 12.1 Å². The second-order valence-electron chi connectivity index (χ2n) is 8.52. The molecule has 1 amide bonds. The van der Waals surface area contributed by atoms with Gasteiger partial charge in [-0.25, -0.2) is 0 Å². The molecule has 0 spiro atoms. The summed E-state index contributed by atoms with van der Waals surface area (Å²) in [4.78, 5) is 15.4. The summed E-state index contributed by atoms with van der Waals surface area (Å²) >= 11 is 0. The molecule has 2 heterocycles. The van der Waals surface area contributed by atoms with Gasteiger partial charge in [0.1, 0.15) is 0 Å². The van der Waals surface area contributed by atoms with E-state index in [0.717, 1.165) is 30.0 Å².